The summed E-state index contributed by atoms with van der Waals surface area (Å²) in [5.41, 5.74) is 1.55. The molecular weight excluding hydrogens is 364 g/mol. The third-order valence-electron chi connectivity index (χ3n) is 3.97. The Labute approximate surface area is 163 Å². The van der Waals surface area contributed by atoms with Gasteiger partial charge in [-0.15, -0.1) is 0 Å². The van der Waals surface area contributed by atoms with E-state index in [0.29, 0.717) is 17.4 Å². The molecule has 6 nitrogen and oxygen atoms in total. The number of rotatable bonds is 4. The second-order valence-corrected chi connectivity index (χ2v) is 7.59. The van der Waals surface area contributed by atoms with Gasteiger partial charge in [0.15, 0.2) is 11.5 Å². The van der Waals surface area contributed by atoms with Crippen molar-refractivity contribution in [3.63, 3.8) is 0 Å². The SMILES string of the molecule is COC(=NSN(C)C(=O)Oc1cccc2c1OC(C)(C)C2)c1ccccc1. The number of carbonyl (C=O) groups excluding carboxylic acids is 1. The van der Waals surface area contributed by atoms with Crippen LogP contribution in [0.5, 0.6) is 11.5 Å². The van der Waals surface area contributed by atoms with Crippen LogP contribution in [0, 0.1) is 0 Å². The first kappa shape index (κ1) is 19.1. The molecule has 0 aromatic heterocycles. The van der Waals surface area contributed by atoms with Crippen LogP contribution < -0.4 is 9.47 Å². The molecule has 3 rings (SSSR count). The van der Waals surface area contributed by atoms with Gasteiger partial charge in [-0.2, -0.15) is 4.40 Å². The van der Waals surface area contributed by atoms with Crippen LogP contribution in [-0.4, -0.2) is 36.1 Å². The number of hydrogen-bond donors (Lipinski definition) is 0. The highest BCUT2D eigenvalue weighted by molar-refractivity contribution is 7.96. The molecule has 1 aliphatic rings. The Morgan fingerprint density at radius 2 is 1.93 bits per heavy atom. The predicted molar refractivity (Wildman–Crippen MR) is 106 cm³/mol. The van der Waals surface area contributed by atoms with E-state index >= 15 is 0 Å². The number of amides is 1. The quantitative estimate of drug-likeness (QED) is 0.440. The lowest BCUT2D eigenvalue weighted by Crippen LogP contribution is -2.25. The van der Waals surface area contributed by atoms with Gasteiger partial charge in [0.1, 0.15) is 17.7 Å². The number of methoxy groups -OCH3 is 1. The molecule has 0 radical (unpaired) electrons. The van der Waals surface area contributed by atoms with Gasteiger partial charge in [-0.25, -0.2) is 9.10 Å². The Hall–Kier alpha value is -2.67. The van der Waals surface area contributed by atoms with Crippen molar-refractivity contribution in [1.29, 1.82) is 0 Å². The molecule has 2 aromatic rings. The predicted octanol–water partition coefficient (Wildman–Crippen LogP) is 4.49. The minimum Gasteiger partial charge on any atom is -0.483 e. The van der Waals surface area contributed by atoms with E-state index in [0.717, 1.165) is 29.7 Å². The molecular formula is C20H22N2O4S. The molecule has 0 aliphatic carbocycles. The minimum absolute atomic E-state index is 0.307. The highest BCUT2D eigenvalue weighted by Crippen LogP contribution is 2.42. The number of benzene rings is 2. The van der Waals surface area contributed by atoms with Gasteiger partial charge in [-0.05, 0) is 32.0 Å². The van der Waals surface area contributed by atoms with Crippen LogP contribution in [0.2, 0.25) is 0 Å². The molecule has 0 spiro atoms. The number of hydrogen-bond acceptors (Lipinski definition) is 6. The van der Waals surface area contributed by atoms with E-state index in [1.165, 1.54) is 11.4 Å². The van der Waals surface area contributed by atoms with Crippen molar-refractivity contribution in [3.8, 4) is 11.5 Å². The summed E-state index contributed by atoms with van der Waals surface area (Å²) in [7, 11) is 3.12. The molecule has 1 heterocycles. The zero-order valence-corrected chi connectivity index (χ0v) is 16.6. The van der Waals surface area contributed by atoms with E-state index in [1.54, 1.807) is 13.1 Å². The van der Waals surface area contributed by atoms with Gasteiger partial charge < -0.3 is 14.2 Å². The van der Waals surface area contributed by atoms with Crippen LogP contribution in [0.15, 0.2) is 52.9 Å². The Balaban J connectivity index is 1.67. The molecule has 0 saturated heterocycles. The van der Waals surface area contributed by atoms with Crippen molar-refractivity contribution in [1.82, 2.24) is 4.31 Å². The number of para-hydroxylation sites is 1. The number of carbonyl (C=O) groups is 1. The van der Waals surface area contributed by atoms with Crippen molar-refractivity contribution in [2.75, 3.05) is 14.2 Å². The van der Waals surface area contributed by atoms with Crippen LogP contribution in [0.4, 0.5) is 4.79 Å². The Morgan fingerprint density at radius 3 is 2.63 bits per heavy atom. The van der Waals surface area contributed by atoms with Gasteiger partial charge >= 0.3 is 6.09 Å². The summed E-state index contributed by atoms with van der Waals surface area (Å²) in [6, 6.07) is 15.0. The molecule has 0 unspecified atom stereocenters. The molecule has 2 aromatic carbocycles. The fraction of sp³-hybridized carbons (Fsp3) is 0.300. The minimum atomic E-state index is -0.547. The lowest BCUT2D eigenvalue weighted by molar-refractivity contribution is 0.132. The number of fused-ring (bicyclic) bond motifs is 1. The summed E-state index contributed by atoms with van der Waals surface area (Å²) < 4.78 is 22.3. The Bertz CT molecular complexity index is 852. The van der Waals surface area contributed by atoms with Crippen LogP contribution in [0.1, 0.15) is 25.0 Å². The summed E-state index contributed by atoms with van der Waals surface area (Å²) in [6.45, 7) is 4.01. The summed E-state index contributed by atoms with van der Waals surface area (Å²) in [6.07, 6.45) is 0.227. The number of nitrogens with zero attached hydrogens (tertiary/aromatic N) is 2. The molecule has 1 aliphatic heterocycles. The maximum absolute atomic E-state index is 12.4. The molecule has 142 valence electrons. The third-order valence-corrected chi connectivity index (χ3v) is 4.61. The van der Waals surface area contributed by atoms with Crippen LogP contribution in [-0.2, 0) is 11.2 Å². The molecule has 1 amide bonds. The fourth-order valence-corrected chi connectivity index (χ4v) is 3.23. The highest BCUT2D eigenvalue weighted by Gasteiger charge is 2.33. The fourth-order valence-electron chi connectivity index (χ4n) is 2.75. The smallest absolute Gasteiger partial charge is 0.426 e. The van der Waals surface area contributed by atoms with Gasteiger partial charge in [0.05, 0.1) is 7.11 Å². The largest absolute Gasteiger partial charge is 0.483 e. The molecule has 0 atom stereocenters. The van der Waals surface area contributed by atoms with Gasteiger partial charge in [-0.3, -0.25) is 0 Å². The third kappa shape index (κ3) is 4.54. The van der Waals surface area contributed by atoms with Crippen molar-refractivity contribution in [3.05, 3.63) is 59.7 Å². The lowest BCUT2D eigenvalue weighted by atomic mass is 10.0. The lowest BCUT2D eigenvalue weighted by Gasteiger charge is -2.18. The Kier molecular flexibility index (Phi) is 5.60. The second-order valence-electron chi connectivity index (χ2n) is 6.70. The second kappa shape index (κ2) is 7.92. The number of ether oxygens (including phenoxy) is 3. The van der Waals surface area contributed by atoms with Gasteiger partial charge in [0.25, 0.3) is 0 Å². The van der Waals surface area contributed by atoms with E-state index in [2.05, 4.69) is 4.40 Å². The van der Waals surface area contributed by atoms with E-state index in [1.807, 2.05) is 56.3 Å². The molecule has 0 bridgehead atoms. The van der Waals surface area contributed by atoms with E-state index in [9.17, 15) is 4.79 Å². The summed E-state index contributed by atoms with van der Waals surface area (Å²) in [5, 5.41) is 0. The van der Waals surface area contributed by atoms with E-state index < -0.39 is 6.09 Å². The van der Waals surface area contributed by atoms with Gasteiger partial charge in [0, 0.05) is 24.6 Å². The zero-order chi connectivity index (χ0) is 19.4. The first-order chi connectivity index (χ1) is 12.9. The van der Waals surface area contributed by atoms with Gasteiger partial charge in [-0.1, -0.05) is 30.3 Å². The van der Waals surface area contributed by atoms with Crippen molar-refractivity contribution < 1.29 is 19.0 Å². The van der Waals surface area contributed by atoms with E-state index in [4.69, 9.17) is 14.2 Å². The first-order valence-corrected chi connectivity index (χ1v) is 9.23. The summed E-state index contributed by atoms with van der Waals surface area (Å²) in [4.78, 5) is 12.4. The average molecular weight is 386 g/mol. The van der Waals surface area contributed by atoms with Crippen molar-refractivity contribution >= 4 is 24.1 Å². The first-order valence-electron chi connectivity index (χ1n) is 8.50. The van der Waals surface area contributed by atoms with Crippen LogP contribution >= 0.6 is 12.1 Å². The highest BCUT2D eigenvalue weighted by atomic mass is 32.2. The molecule has 7 heteroatoms. The zero-order valence-electron chi connectivity index (χ0n) is 15.8. The van der Waals surface area contributed by atoms with Crippen LogP contribution in [0.3, 0.4) is 0 Å². The van der Waals surface area contributed by atoms with Gasteiger partial charge in [0.2, 0.25) is 5.90 Å². The Morgan fingerprint density at radius 1 is 1.19 bits per heavy atom. The molecule has 0 N–H and O–H groups in total. The summed E-state index contributed by atoms with van der Waals surface area (Å²) in [5.74, 6) is 1.46. The maximum Gasteiger partial charge on any atom is 0.426 e. The van der Waals surface area contributed by atoms with Crippen molar-refractivity contribution in [2.24, 2.45) is 4.40 Å². The maximum atomic E-state index is 12.4. The topological polar surface area (TPSA) is 60.4 Å². The average Bonchev–Trinajstić information content (AvgIpc) is 2.98. The molecule has 0 saturated carbocycles. The van der Waals surface area contributed by atoms with E-state index in [-0.39, 0.29) is 5.60 Å². The van der Waals surface area contributed by atoms with Crippen LogP contribution in [0.25, 0.3) is 0 Å². The van der Waals surface area contributed by atoms with Crippen molar-refractivity contribution in [2.45, 2.75) is 25.9 Å². The monoisotopic (exact) mass is 386 g/mol. The standard InChI is InChI=1S/C20H22N2O4S/c1-20(2)13-15-11-8-12-16(17(15)26-20)25-19(23)22(3)27-21-18(24-4)14-9-6-5-7-10-14/h5-12H,13H2,1-4H3. The normalized spacial score (nSPS) is 14.9. The summed E-state index contributed by atoms with van der Waals surface area (Å²) >= 11 is 0.945. The molecule has 27 heavy (non-hydrogen) atoms. The molecule has 0 fully saturated rings.